The van der Waals surface area contributed by atoms with Crippen LogP contribution in [-0.2, 0) is 6.18 Å². The molecule has 1 rings (SSSR count). The standard InChI is InChI=1S/C11H13F4N/c1-2-4-9(16)7-5-3-6-8(10(7)12)11(13,14)15/h3,5-6,9H,2,4,16H2,1H3. The van der Waals surface area contributed by atoms with E-state index in [0.29, 0.717) is 12.8 Å². The summed E-state index contributed by atoms with van der Waals surface area (Å²) in [7, 11) is 0. The van der Waals surface area contributed by atoms with Gasteiger partial charge in [-0.25, -0.2) is 4.39 Å². The van der Waals surface area contributed by atoms with Crippen LogP contribution in [0.1, 0.15) is 36.9 Å². The van der Waals surface area contributed by atoms with Gasteiger partial charge < -0.3 is 5.73 Å². The van der Waals surface area contributed by atoms with E-state index in [1.165, 1.54) is 12.1 Å². The molecule has 0 aliphatic carbocycles. The molecule has 0 saturated carbocycles. The summed E-state index contributed by atoms with van der Waals surface area (Å²) in [5, 5.41) is 0. The zero-order chi connectivity index (χ0) is 12.3. The molecule has 0 fully saturated rings. The first-order valence-electron chi connectivity index (χ1n) is 4.99. The number of rotatable bonds is 3. The molecular weight excluding hydrogens is 222 g/mol. The van der Waals surface area contributed by atoms with Crippen LogP contribution in [0.5, 0.6) is 0 Å². The minimum atomic E-state index is -4.67. The zero-order valence-corrected chi connectivity index (χ0v) is 8.81. The Balaban J connectivity index is 3.14. The van der Waals surface area contributed by atoms with E-state index < -0.39 is 23.6 Å². The summed E-state index contributed by atoms with van der Waals surface area (Å²) in [5.41, 5.74) is 4.29. The molecule has 1 unspecified atom stereocenters. The van der Waals surface area contributed by atoms with Gasteiger partial charge in [0.2, 0.25) is 0 Å². The molecule has 1 atom stereocenters. The van der Waals surface area contributed by atoms with Gasteiger partial charge in [0.05, 0.1) is 5.56 Å². The van der Waals surface area contributed by atoms with Crippen LogP contribution in [0.2, 0.25) is 0 Å². The highest BCUT2D eigenvalue weighted by Gasteiger charge is 2.35. The molecule has 0 aromatic heterocycles. The maximum absolute atomic E-state index is 13.5. The van der Waals surface area contributed by atoms with Crippen molar-refractivity contribution in [2.45, 2.75) is 32.0 Å². The Labute approximate surface area is 91.3 Å². The minimum absolute atomic E-state index is 0.0725. The quantitative estimate of drug-likeness (QED) is 0.795. The van der Waals surface area contributed by atoms with Crippen molar-refractivity contribution in [2.24, 2.45) is 5.73 Å². The Morgan fingerprint density at radius 3 is 2.44 bits per heavy atom. The highest BCUT2D eigenvalue weighted by atomic mass is 19.4. The van der Waals surface area contributed by atoms with Crippen LogP contribution in [0.25, 0.3) is 0 Å². The maximum Gasteiger partial charge on any atom is 0.419 e. The summed E-state index contributed by atoms with van der Waals surface area (Å²) in [6.07, 6.45) is -3.53. The fraction of sp³-hybridized carbons (Fsp3) is 0.455. The van der Waals surface area contributed by atoms with Gasteiger partial charge in [0.25, 0.3) is 0 Å². The van der Waals surface area contributed by atoms with E-state index >= 15 is 0 Å². The summed E-state index contributed by atoms with van der Waals surface area (Å²) < 4.78 is 50.7. The van der Waals surface area contributed by atoms with Crippen molar-refractivity contribution in [3.63, 3.8) is 0 Å². The second-order valence-corrected chi connectivity index (χ2v) is 3.60. The third kappa shape index (κ3) is 2.72. The summed E-state index contributed by atoms with van der Waals surface area (Å²) in [6, 6.07) is 2.51. The van der Waals surface area contributed by atoms with Gasteiger partial charge in [0, 0.05) is 11.6 Å². The molecule has 1 aromatic rings. The Morgan fingerprint density at radius 1 is 1.31 bits per heavy atom. The zero-order valence-electron chi connectivity index (χ0n) is 8.81. The molecule has 1 nitrogen and oxygen atoms in total. The lowest BCUT2D eigenvalue weighted by Gasteiger charge is -2.15. The highest BCUT2D eigenvalue weighted by Crippen LogP contribution is 2.34. The van der Waals surface area contributed by atoms with E-state index in [4.69, 9.17) is 5.73 Å². The number of hydrogen-bond acceptors (Lipinski definition) is 1. The normalized spacial score (nSPS) is 13.9. The second-order valence-electron chi connectivity index (χ2n) is 3.60. The molecule has 5 heteroatoms. The number of nitrogens with two attached hydrogens (primary N) is 1. The average molecular weight is 235 g/mol. The molecule has 0 aliphatic heterocycles. The van der Waals surface area contributed by atoms with E-state index in [-0.39, 0.29) is 5.56 Å². The van der Waals surface area contributed by atoms with E-state index in [1.54, 1.807) is 0 Å². The van der Waals surface area contributed by atoms with Crippen molar-refractivity contribution < 1.29 is 17.6 Å². The van der Waals surface area contributed by atoms with Crippen LogP contribution in [-0.4, -0.2) is 0 Å². The topological polar surface area (TPSA) is 26.0 Å². The van der Waals surface area contributed by atoms with Gasteiger partial charge in [-0.2, -0.15) is 13.2 Å². The van der Waals surface area contributed by atoms with Gasteiger partial charge in [0.1, 0.15) is 5.82 Å². The van der Waals surface area contributed by atoms with E-state index in [1.807, 2.05) is 6.92 Å². The molecule has 0 radical (unpaired) electrons. The predicted octanol–water partition coefficient (Wildman–Crippen LogP) is 3.64. The van der Waals surface area contributed by atoms with E-state index in [9.17, 15) is 17.6 Å². The predicted molar refractivity (Wildman–Crippen MR) is 53.2 cm³/mol. The number of benzene rings is 1. The van der Waals surface area contributed by atoms with Crippen molar-refractivity contribution in [3.8, 4) is 0 Å². The lowest BCUT2D eigenvalue weighted by molar-refractivity contribution is -0.140. The van der Waals surface area contributed by atoms with Gasteiger partial charge in [-0.3, -0.25) is 0 Å². The molecular formula is C11H13F4N. The number of hydrogen-bond donors (Lipinski definition) is 1. The van der Waals surface area contributed by atoms with Crippen molar-refractivity contribution in [3.05, 3.63) is 35.1 Å². The molecule has 90 valence electrons. The second kappa shape index (κ2) is 4.82. The summed E-state index contributed by atoms with van der Waals surface area (Å²) in [6.45, 7) is 1.84. The molecule has 0 spiro atoms. The SMILES string of the molecule is CCCC(N)c1cccc(C(F)(F)F)c1F. The van der Waals surface area contributed by atoms with Gasteiger partial charge in [-0.1, -0.05) is 25.5 Å². The Morgan fingerprint density at radius 2 is 1.94 bits per heavy atom. The Hall–Kier alpha value is -1.10. The third-order valence-corrected chi connectivity index (χ3v) is 2.33. The maximum atomic E-state index is 13.5. The largest absolute Gasteiger partial charge is 0.419 e. The average Bonchev–Trinajstić information content (AvgIpc) is 2.16. The van der Waals surface area contributed by atoms with Gasteiger partial charge >= 0.3 is 6.18 Å². The highest BCUT2D eigenvalue weighted by molar-refractivity contribution is 5.30. The van der Waals surface area contributed by atoms with Crippen molar-refractivity contribution in [1.82, 2.24) is 0 Å². The molecule has 0 bridgehead atoms. The monoisotopic (exact) mass is 235 g/mol. The molecule has 0 aliphatic rings. The third-order valence-electron chi connectivity index (χ3n) is 2.33. The lowest BCUT2D eigenvalue weighted by atomic mass is 10.00. The fourth-order valence-corrected chi connectivity index (χ4v) is 1.52. The molecule has 1 aromatic carbocycles. The van der Waals surface area contributed by atoms with Crippen LogP contribution in [0.4, 0.5) is 17.6 Å². The van der Waals surface area contributed by atoms with Gasteiger partial charge in [0.15, 0.2) is 0 Å². The van der Waals surface area contributed by atoms with Crippen LogP contribution in [0, 0.1) is 5.82 Å². The molecule has 0 saturated heterocycles. The van der Waals surface area contributed by atoms with Crippen molar-refractivity contribution in [2.75, 3.05) is 0 Å². The number of alkyl halides is 3. The smallest absolute Gasteiger partial charge is 0.324 e. The Bertz CT molecular complexity index is 359. The van der Waals surface area contributed by atoms with Gasteiger partial charge in [-0.15, -0.1) is 0 Å². The first kappa shape index (κ1) is 13.0. The molecule has 0 heterocycles. The van der Waals surface area contributed by atoms with Crippen molar-refractivity contribution >= 4 is 0 Å². The summed E-state index contributed by atoms with van der Waals surface area (Å²) >= 11 is 0. The molecule has 16 heavy (non-hydrogen) atoms. The molecule has 2 N–H and O–H groups in total. The van der Waals surface area contributed by atoms with E-state index in [0.717, 1.165) is 6.07 Å². The van der Waals surface area contributed by atoms with Crippen LogP contribution in [0.3, 0.4) is 0 Å². The summed E-state index contributed by atoms with van der Waals surface area (Å²) in [4.78, 5) is 0. The summed E-state index contributed by atoms with van der Waals surface area (Å²) in [5.74, 6) is -1.25. The first-order chi connectivity index (χ1) is 7.38. The Kier molecular flexibility index (Phi) is 3.91. The first-order valence-corrected chi connectivity index (χ1v) is 4.99. The number of halogens is 4. The van der Waals surface area contributed by atoms with Crippen LogP contribution < -0.4 is 5.73 Å². The van der Waals surface area contributed by atoms with Crippen molar-refractivity contribution in [1.29, 1.82) is 0 Å². The van der Waals surface area contributed by atoms with Crippen LogP contribution >= 0.6 is 0 Å². The fourth-order valence-electron chi connectivity index (χ4n) is 1.52. The van der Waals surface area contributed by atoms with Gasteiger partial charge in [-0.05, 0) is 12.5 Å². The van der Waals surface area contributed by atoms with Crippen LogP contribution in [0.15, 0.2) is 18.2 Å². The van der Waals surface area contributed by atoms with E-state index in [2.05, 4.69) is 0 Å². The lowest BCUT2D eigenvalue weighted by Crippen LogP contribution is -2.16. The minimum Gasteiger partial charge on any atom is -0.324 e. The molecule has 0 amide bonds.